The Morgan fingerprint density at radius 3 is 2.77 bits per heavy atom. The van der Waals surface area contributed by atoms with E-state index in [9.17, 15) is 4.79 Å². The van der Waals surface area contributed by atoms with Crippen molar-refractivity contribution in [1.29, 1.82) is 0 Å². The van der Waals surface area contributed by atoms with Gasteiger partial charge in [-0.1, -0.05) is 36.3 Å². The molecule has 0 unspecified atom stereocenters. The van der Waals surface area contributed by atoms with Crippen LogP contribution in [0.4, 0.5) is 0 Å². The van der Waals surface area contributed by atoms with E-state index in [4.69, 9.17) is 4.84 Å². The molecular weight excluding hydrogens is 278 g/mol. The molecule has 5 nitrogen and oxygen atoms in total. The number of likely N-dealkylation sites (tertiary alicyclic amines) is 1. The van der Waals surface area contributed by atoms with Gasteiger partial charge in [0.2, 0.25) is 0 Å². The first-order valence-corrected chi connectivity index (χ1v) is 7.91. The first-order valence-electron chi connectivity index (χ1n) is 7.91. The summed E-state index contributed by atoms with van der Waals surface area (Å²) in [7, 11) is 1.62. The fraction of sp³-hybridized carbons (Fsp3) is 0.529. The van der Waals surface area contributed by atoms with Crippen LogP contribution in [-0.2, 0) is 22.6 Å². The van der Waals surface area contributed by atoms with Crippen LogP contribution in [0.2, 0.25) is 0 Å². The van der Waals surface area contributed by atoms with Gasteiger partial charge in [0.15, 0.2) is 5.60 Å². The molecule has 1 spiro atoms. The van der Waals surface area contributed by atoms with Gasteiger partial charge in [0.05, 0.1) is 0 Å². The quantitative estimate of drug-likeness (QED) is 0.921. The minimum absolute atomic E-state index is 0.134. The normalized spacial score (nSPS) is 24.4. The van der Waals surface area contributed by atoms with E-state index in [1.54, 1.807) is 7.05 Å². The molecule has 1 saturated heterocycles. The molecule has 0 bridgehead atoms. The molecule has 118 valence electrons. The molecule has 0 aromatic heterocycles. The lowest BCUT2D eigenvalue weighted by atomic mass is 9.96. The van der Waals surface area contributed by atoms with Crippen molar-refractivity contribution in [2.45, 2.75) is 38.3 Å². The zero-order valence-corrected chi connectivity index (χ0v) is 13.3. The highest BCUT2D eigenvalue weighted by atomic mass is 16.7. The van der Waals surface area contributed by atoms with Crippen molar-refractivity contribution in [3.8, 4) is 0 Å². The standard InChI is InChI=1S/C17H23N3O2/c1-3-13-4-6-14(7-5-13)11-20-9-8-17(12-20)10-15(19-22-17)16(21)18-2/h4-7H,3,8-12H2,1-2H3,(H,18,21)/t17-/m1/s1. The van der Waals surface area contributed by atoms with Crippen LogP contribution < -0.4 is 5.32 Å². The molecule has 2 aliphatic rings. The van der Waals surface area contributed by atoms with Gasteiger partial charge < -0.3 is 10.2 Å². The average molecular weight is 301 g/mol. The molecule has 1 fully saturated rings. The van der Waals surface area contributed by atoms with E-state index in [1.807, 2.05) is 0 Å². The molecule has 1 aromatic rings. The van der Waals surface area contributed by atoms with Crippen LogP contribution in [-0.4, -0.2) is 42.3 Å². The highest BCUT2D eigenvalue weighted by Crippen LogP contribution is 2.34. The van der Waals surface area contributed by atoms with Crippen LogP contribution in [0.25, 0.3) is 0 Å². The average Bonchev–Trinajstić information content (AvgIpc) is 3.15. The van der Waals surface area contributed by atoms with Gasteiger partial charge in [-0.2, -0.15) is 0 Å². The minimum Gasteiger partial charge on any atom is -0.387 e. The van der Waals surface area contributed by atoms with Gasteiger partial charge in [-0.05, 0) is 17.5 Å². The number of nitrogens with one attached hydrogen (secondary N) is 1. The maximum atomic E-state index is 11.7. The molecule has 5 heteroatoms. The summed E-state index contributed by atoms with van der Waals surface area (Å²) in [6.45, 7) is 4.89. The molecule has 1 atom stereocenters. The molecular formula is C17H23N3O2. The molecule has 1 aromatic carbocycles. The second-order valence-electron chi connectivity index (χ2n) is 6.20. The van der Waals surface area contributed by atoms with Gasteiger partial charge in [-0.3, -0.25) is 9.69 Å². The minimum atomic E-state index is -0.300. The lowest BCUT2D eigenvalue weighted by molar-refractivity contribution is -0.114. The van der Waals surface area contributed by atoms with Crippen molar-refractivity contribution >= 4 is 11.6 Å². The summed E-state index contributed by atoms with van der Waals surface area (Å²) in [5.41, 5.74) is 2.89. The van der Waals surface area contributed by atoms with Crippen molar-refractivity contribution in [1.82, 2.24) is 10.2 Å². The van der Waals surface area contributed by atoms with E-state index < -0.39 is 0 Å². The maximum Gasteiger partial charge on any atom is 0.268 e. The molecule has 0 saturated carbocycles. The van der Waals surface area contributed by atoms with Gasteiger partial charge in [0.25, 0.3) is 5.91 Å². The maximum absolute atomic E-state index is 11.7. The predicted octanol–water partition coefficient (Wildman–Crippen LogP) is 1.72. The largest absolute Gasteiger partial charge is 0.387 e. The lowest BCUT2D eigenvalue weighted by Crippen LogP contribution is -2.36. The monoisotopic (exact) mass is 301 g/mol. The van der Waals surface area contributed by atoms with Crippen LogP contribution in [0.15, 0.2) is 29.4 Å². The van der Waals surface area contributed by atoms with Crippen LogP contribution in [0, 0.1) is 0 Å². The fourth-order valence-electron chi connectivity index (χ4n) is 3.21. The zero-order valence-electron chi connectivity index (χ0n) is 13.3. The molecule has 2 aliphatic heterocycles. The number of hydrogen-bond donors (Lipinski definition) is 1. The third-order valence-electron chi connectivity index (χ3n) is 4.56. The number of carbonyl (C=O) groups is 1. The molecule has 0 radical (unpaired) electrons. The molecule has 2 heterocycles. The number of rotatable bonds is 4. The third-order valence-corrected chi connectivity index (χ3v) is 4.56. The summed E-state index contributed by atoms with van der Waals surface area (Å²) < 4.78 is 0. The van der Waals surface area contributed by atoms with Gasteiger partial charge in [-0.25, -0.2) is 0 Å². The first-order chi connectivity index (χ1) is 10.6. The van der Waals surface area contributed by atoms with Crippen LogP contribution in [0.5, 0.6) is 0 Å². The van der Waals surface area contributed by atoms with Gasteiger partial charge in [0.1, 0.15) is 5.71 Å². The Morgan fingerprint density at radius 1 is 1.36 bits per heavy atom. The summed E-state index contributed by atoms with van der Waals surface area (Å²) in [6.07, 6.45) is 2.60. The van der Waals surface area contributed by atoms with Crippen molar-refractivity contribution in [3.63, 3.8) is 0 Å². The van der Waals surface area contributed by atoms with E-state index >= 15 is 0 Å². The first kappa shape index (κ1) is 15.0. The van der Waals surface area contributed by atoms with E-state index in [-0.39, 0.29) is 11.5 Å². The van der Waals surface area contributed by atoms with E-state index in [0.29, 0.717) is 12.1 Å². The summed E-state index contributed by atoms with van der Waals surface area (Å²) in [5.74, 6) is -0.134. The number of nitrogens with zero attached hydrogens (tertiary/aromatic N) is 2. The van der Waals surface area contributed by atoms with Gasteiger partial charge >= 0.3 is 0 Å². The molecule has 3 rings (SSSR count). The number of amides is 1. The fourth-order valence-corrected chi connectivity index (χ4v) is 3.21. The smallest absolute Gasteiger partial charge is 0.268 e. The second kappa shape index (κ2) is 6.08. The molecule has 22 heavy (non-hydrogen) atoms. The lowest BCUT2D eigenvalue weighted by Gasteiger charge is -2.21. The Morgan fingerprint density at radius 2 is 2.09 bits per heavy atom. The third kappa shape index (κ3) is 2.99. The number of benzene rings is 1. The topological polar surface area (TPSA) is 53.9 Å². The zero-order chi connectivity index (χ0) is 15.6. The molecule has 1 N–H and O–H groups in total. The van der Waals surface area contributed by atoms with Gasteiger partial charge in [-0.15, -0.1) is 0 Å². The van der Waals surface area contributed by atoms with Crippen molar-refractivity contribution in [2.24, 2.45) is 5.16 Å². The Kier molecular flexibility index (Phi) is 4.16. The number of oxime groups is 1. The SMILES string of the molecule is CCc1ccc(CN2CC[C@@]3(CC(C(=O)NC)=NO3)C2)cc1. The molecule has 0 aliphatic carbocycles. The van der Waals surface area contributed by atoms with E-state index in [0.717, 1.165) is 32.5 Å². The molecule has 1 amide bonds. The van der Waals surface area contributed by atoms with Crippen LogP contribution >= 0.6 is 0 Å². The number of carbonyl (C=O) groups excluding carboxylic acids is 1. The highest BCUT2D eigenvalue weighted by Gasteiger charge is 2.46. The highest BCUT2D eigenvalue weighted by molar-refractivity contribution is 6.39. The number of aryl methyl sites for hydroxylation is 1. The summed E-state index contributed by atoms with van der Waals surface area (Å²) in [5, 5.41) is 6.60. The summed E-state index contributed by atoms with van der Waals surface area (Å²) in [4.78, 5) is 19.7. The summed E-state index contributed by atoms with van der Waals surface area (Å²) in [6, 6.07) is 8.79. The van der Waals surface area contributed by atoms with Crippen molar-refractivity contribution in [2.75, 3.05) is 20.1 Å². The Balaban J connectivity index is 1.57. The number of hydrogen-bond acceptors (Lipinski definition) is 4. The van der Waals surface area contributed by atoms with Crippen molar-refractivity contribution in [3.05, 3.63) is 35.4 Å². The Hall–Kier alpha value is -1.88. The second-order valence-corrected chi connectivity index (χ2v) is 6.20. The Bertz CT molecular complexity index is 582. The Labute approximate surface area is 131 Å². The van der Waals surface area contributed by atoms with E-state index in [1.165, 1.54) is 11.1 Å². The predicted molar refractivity (Wildman–Crippen MR) is 85.6 cm³/mol. The van der Waals surface area contributed by atoms with Crippen LogP contribution in [0.3, 0.4) is 0 Å². The van der Waals surface area contributed by atoms with Crippen molar-refractivity contribution < 1.29 is 9.63 Å². The summed E-state index contributed by atoms with van der Waals surface area (Å²) >= 11 is 0. The van der Waals surface area contributed by atoms with E-state index in [2.05, 4.69) is 46.6 Å². The van der Waals surface area contributed by atoms with Crippen LogP contribution in [0.1, 0.15) is 30.9 Å². The van der Waals surface area contributed by atoms with Gasteiger partial charge in [0, 0.05) is 39.5 Å².